The van der Waals surface area contributed by atoms with Gasteiger partial charge in [0.2, 0.25) is 0 Å². The van der Waals surface area contributed by atoms with Crippen molar-refractivity contribution >= 4 is 58.5 Å². The first-order chi connectivity index (χ1) is 16.8. The normalized spacial score (nSPS) is 10.8. The number of hydrogen-bond donors (Lipinski definition) is 2. The monoisotopic (exact) mass is 537 g/mol. The van der Waals surface area contributed by atoms with E-state index in [1.807, 2.05) is 0 Å². The molecule has 3 aromatic carbocycles. The molecular formula is C24H19Cl3FN3O4. The molecule has 11 heteroatoms. The molecular weight excluding hydrogens is 520 g/mol. The molecule has 2 N–H and O–H groups in total. The van der Waals surface area contributed by atoms with E-state index in [-0.39, 0.29) is 27.9 Å². The Morgan fingerprint density at radius 3 is 2.51 bits per heavy atom. The van der Waals surface area contributed by atoms with Crippen LogP contribution in [0.4, 0.5) is 10.1 Å². The van der Waals surface area contributed by atoms with Crippen LogP contribution in [0.5, 0.6) is 11.5 Å². The Kier molecular flexibility index (Phi) is 9.31. The van der Waals surface area contributed by atoms with Gasteiger partial charge in [-0.15, -0.1) is 0 Å². The molecule has 2 amide bonds. The molecule has 3 aromatic rings. The van der Waals surface area contributed by atoms with Crippen molar-refractivity contribution in [2.45, 2.75) is 13.5 Å². The predicted molar refractivity (Wildman–Crippen MR) is 134 cm³/mol. The second kappa shape index (κ2) is 12.4. The zero-order chi connectivity index (χ0) is 25.4. The maximum atomic E-state index is 14.0. The van der Waals surface area contributed by atoms with E-state index in [0.29, 0.717) is 28.7 Å². The third kappa shape index (κ3) is 7.32. The summed E-state index contributed by atoms with van der Waals surface area (Å²) in [4.78, 5) is 24.1. The lowest BCUT2D eigenvalue weighted by atomic mass is 10.2. The third-order valence-electron chi connectivity index (χ3n) is 4.46. The lowest BCUT2D eigenvalue weighted by molar-refractivity contribution is -0.136. The summed E-state index contributed by atoms with van der Waals surface area (Å²) < 4.78 is 25.3. The van der Waals surface area contributed by atoms with Crippen LogP contribution in [-0.4, -0.2) is 24.6 Å². The van der Waals surface area contributed by atoms with E-state index in [0.717, 1.165) is 0 Å². The van der Waals surface area contributed by atoms with Crippen LogP contribution in [0.25, 0.3) is 0 Å². The van der Waals surface area contributed by atoms with Crippen molar-refractivity contribution in [3.63, 3.8) is 0 Å². The Hall–Kier alpha value is -3.33. The van der Waals surface area contributed by atoms with Gasteiger partial charge >= 0.3 is 11.8 Å². The number of benzene rings is 3. The van der Waals surface area contributed by atoms with E-state index in [9.17, 15) is 14.0 Å². The average Bonchev–Trinajstić information content (AvgIpc) is 2.82. The lowest BCUT2D eigenvalue weighted by Crippen LogP contribution is -2.32. The Labute approximate surface area is 215 Å². The van der Waals surface area contributed by atoms with Crippen molar-refractivity contribution in [3.8, 4) is 11.5 Å². The molecule has 0 spiro atoms. The van der Waals surface area contributed by atoms with Crippen LogP contribution in [-0.2, 0) is 16.2 Å². The zero-order valence-electron chi connectivity index (χ0n) is 18.3. The highest BCUT2D eigenvalue weighted by molar-refractivity contribution is 6.42. The van der Waals surface area contributed by atoms with Crippen LogP contribution in [0.3, 0.4) is 0 Å². The fourth-order valence-electron chi connectivity index (χ4n) is 2.80. The van der Waals surface area contributed by atoms with Gasteiger partial charge in [0.15, 0.2) is 11.5 Å². The number of carbonyl (C=O) groups is 2. The van der Waals surface area contributed by atoms with E-state index >= 15 is 0 Å². The molecule has 3 rings (SSSR count). The molecule has 0 aliphatic rings. The first-order valence-electron chi connectivity index (χ1n) is 10.2. The van der Waals surface area contributed by atoms with Crippen molar-refractivity contribution in [2.75, 3.05) is 11.9 Å². The summed E-state index contributed by atoms with van der Waals surface area (Å²) in [6.07, 6.45) is 1.32. The molecule has 0 atom stereocenters. The van der Waals surface area contributed by atoms with Gasteiger partial charge in [0.05, 0.1) is 28.6 Å². The summed E-state index contributed by atoms with van der Waals surface area (Å²) in [5.74, 6) is -1.72. The third-order valence-corrected chi connectivity index (χ3v) is 5.38. The van der Waals surface area contributed by atoms with E-state index in [1.165, 1.54) is 30.5 Å². The molecule has 0 radical (unpaired) electrons. The standard InChI is InChI=1S/C24H19Cl3FN3O4/c1-2-34-22-10-14(6-9-21(22)35-13-16-17(26)4-3-5-19(16)28)12-29-31-24(33)23(32)30-20-11-15(25)7-8-18(20)27/h3-12H,2,13H2,1H3,(H,30,32)(H,31,33)/b29-12+. The second-order valence-corrected chi connectivity index (χ2v) is 8.16. The fraction of sp³-hybridized carbons (Fsp3) is 0.125. The maximum absolute atomic E-state index is 14.0. The Morgan fingerprint density at radius 2 is 1.77 bits per heavy atom. The number of anilines is 1. The van der Waals surface area contributed by atoms with Gasteiger partial charge < -0.3 is 14.8 Å². The van der Waals surface area contributed by atoms with Gasteiger partial charge in [-0.3, -0.25) is 9.59 Å². The predicted octanol–water partition coefficient (Wildman–Crippen LogP) is 5.85. The van der Waals surface area contributed by atoms with Crippen molar-refractivity contribution in [3.05, 3.63) is 86.6 Å². The zero-order valence-corrected chi connectivity index (χ0v) is 20.5. The van der Waals surface area contributed by atoms with Gasteiger partial charge in [-0.25, -0.2) is 9.82 Å². The summed E-state index contributed by atoms with van der Waals surface area (Å²) in [6.45, 7) is 2.05. The van der Waals surface area contributed by atoms with Gasteiger partial charge in [0, 0.05) is 10.6 Å². The number of carbonyl (C=O) groups excluding carboxylic acids is 2. The molecule has 0 saturated carbocycles. The van der Waals surface area contributed by atoms with Crippen LogP contribution in [0.15, 0.2) is 59.7 Å². The number of nitrogens with one attached hydrogen (secondary N) is 2. The number of halogens is 4. The number of nitrogens with zero attached hydrogens (tertiary/aromatic N) is 1. The van der Waals surface area contributed by atoms with Crippen molar-refractivity contribution in [1.29, 1.82) is 0 Å². The molecule has 0 aliphatic heterocycles. The molecule has 7 nitrogen and oxygen atoms in total. The first kappa shape index (κ1) is 26.3. The number of hydrazone groups is 1. The van der Waals surface area contributed by atoms with Crippen LogP contribution >= 0.6 is 34.8 Å². The van der Waals surface area contributed by atoms with Gasteiger partial charge in [-0.05, 0) is 61.0 Å². The number of amides is 2. The van der Waals surface area contributed by atoms with Gasteiger partial charge in [-0.1, -0.05) is 40.9 Å². The highest BCUT2D eigenvalue weighted by Crippen LogP contribution is 2.30. The van der Waals surface area contributed by atoms with Crippen molar-refractivity contribution in [1.82, 2.24) is 5.43 Å². The Balaban J connectivity index is 1.63. The summed E-state index contributed by atoms with van der Waals surface area (Å²) in [6, 6.07) is 13.7. The van der Waals surface area contributed by atoms with Crippen LogP contribution in [0.2, 0.25) is 15.1 Å². The number of rotatable bonds is 8. The summed E-state index contributed by atoms with van der Waals surface area (Å²) in [5.41, 5.74) is 3.09. The summed E-state index contributed by atoms with van der Waals surface area (Å²) >= 11 is 17.9. The van der Waals surface area contributed by atoms with E-state index < -0.39 is 17.6 Å². The van der Waals surface area contributed by atoms with E-state index in [4.69, 9.17) is 44.3 Å². The average molecular weight is 539 g/mol. The van der Waals surface area contributed by atoms with E-state index in [2.05, 4.69) is 15.8 Å². The quantitative estimate of drug-likeness (QED) is 0.214. The van der Waals surface area contributed by atoms with E-state index in [1.54, 1.807) is 37.3 Å². The Bertz CT molecular complexity index is 1250. The molecule has 0 fully saturated rings. The molecule has 0 heterocycles. The smallest absolute Gasteiger partial charge is 0.329 e. The van der Waals surface area contributed by atoms with Crippen LogP contribution < -0.4 is 20.2 Å². The summed E-state index contributed by atoms with van der Waals surface area (Å²) in [5, 5.41) is 6.96. The fourth-order valence-corrected chi connectivity index (χ4v) is 3.36. The molecule has 35 heavy (non-hydrogen) atoms. The Morgan fingerprint density at radius 1 is 0.971 bits per heavy atom. The largest absolute Gasteiger partial charge is 0.490 e. The van der Waals surface area contributed by atoms with Gasteiger partial charge in [0.25, 0.3) is 0 Å². The minimum absolute atomic E-state index is 0.0964. The minimum atomic E-state index is -1.01. The minimum Gasteiger partial charge on any atom is -0.490 e. The highest BCUT2D eigenvalue weighted by Gasteiger charge is 2.15. The number of ether oxygens (including phenoxy) is 2. The lowest BCUT2D eigenvalue weighted by Gasteiger charge is -2.13. The maximum Gasteiger partial charge on any atom is 0.329 e. The SMILES string of the molecule is CCOc1cc(/C=N/NC(=O)C(=O)Nc2cc(Cl)ccc2Cl)ccc1OCc1c(F)cccc1Cl. The van der Waals surface area contributed by atoms with Crippen LogP contribution in [0.1, 0.15) is 18.1 Å². The van der Waals surface area contributed by atoms with Crippen LogP contribution in [0, 0.1) is 5.82 Å². The topological polar surface area (TPSA) is 89.0 Å². The highest BCUT2D eigenvalue weighted by atomic mass is 35.5. The number of hydrogen-bond acceptors (Lipinski definition) is 5. The molecule has 0 bridgehead atoms. The molecule has 182 valence electrons. The second-order valence-electron chi connectivity index (χ2n) is 6.91. The van der Waals surface area contributed by atoms with Gasteiger partial charge in [0.1, 0.15) is 12.4 Å². The van der Waals surface area contributed by atoms with Crippen molar-refractivity contribution < 1.29 is 23.5 Å². The van der Waals surface area contributed by atoms with Gasteiger partial charge in [-0.2, -0.15) is 5.10 Å². The first-order valence-corrected chi connectivity index (χ1v) is 11.3. The molecule has 0 unspecified atom stereocenters. The molecule has 0 aromatic heterocycles. The molecule has 0 saturated heterocycles. The molecule has 0 aliphatic carbocycles. The van der Waals surface area contributed by atoms with Crippen molar-refractivity contribution in [2.24, 2.45) is 5.10 Å². The summed E-state index contributed by atoms with van der Waals surface area (Å²) in [7, 11) is 0.